The number of imide groups is 1. The highest BCUT2D eigenvalue weighted by Gasteiger charge is 2.56. The van der Waals surface area contributed by atoms with E-state index >= 15 is 0 Å². The molecule has 3 aliphatic rings. The summed E-state index contributed by atoms with van der Waals surface area (Å²) in [5.41, 5.74) is 0.132. The number of hydrogen-bond acceptors (Lipinski definition) is 7. The van der Waals surface area contributed by atoms with Gasteiger partial charge in [0.15, 0.2) is 10.8 Å². The molecule has 2 saturated heterocycles. The smallest absolute Gasteiger partial charge is 0.325 e. The third kappa shape index (κ3) is 3.85. The summed E-state index contributed by atoms with van der Waals surface area (Å²) >= 11 is 1.55. The molecule has 1 N–H and O–H groups in total. The van der Waals surface area contributed by atoms with Gasteiger partial charge in [0, 0.05) is 38.1 Å². The van der Waals surface area contributed by atoms with E-state index in [1.54, 1.807) is 29.4 Å². The van der Waals surface area contributed by atoms with Crippen molar-refractivity contribution in [2.24, 2.45) is 5.92 Å². The van der Waals surface area contributed by atoms with Gasteiger partial charge < -0.3 is 14.6 Å². The van der Waals surface area contributed by atoms with Gasteiger partial charge in [-0.1, -0.05) is 0 Å². The van der Waals surface area contributed by atoms with E-state index < -0.39 is 11.6 Å². The Morgan fingerprint density at radius 3 is 2.74 bits per heavy atom. The summed E-state index contributed by atoms with van der Waals surface area (Å²) in [5, 5.41) is 5.69. The first kappa shape index (κ1) is 20.2. The van der Waals surface area contributed by atoms with Crippen LogP contribution in [0.4, 0.5) is 4.79 Å². The first-order chi connectivity index (χ1) is 14.9. The average Bonchev–Trinajstić information content (AvgIpc) is 3.20. The SMILES string of the molecule is C[C@@]1(C2CC2)NC(=O)N(CC(=O)N2CCN(Cc3csc(-c4ccco4)n3)CC2)C1=O. The fourth-order valence-corrected chi connectivity index (χ4v) is 5.09. The van der Waals surface area contributed by atoms with Crippen LogP contribution in [0.2, 0.25) is 0 Å². The molecule has 4 heterocycles. The normalized spacial score (nSPS) is 24.7. The lowest BCUT2D eigenvalue weighted by molar-refractivity contribution is -0.140. The molecule has 9 nitrogen and oxygen atoms in total. The summed E-state index contributed by atoms with van der Waals surface area (Å²) in [5.74, 6) is 0.497. The number of carbonyl (C=O) groups excluding carboxylic acids is 3. The highest BCUT2D eigenvalue weighted by molar-refractivity contribution is 7.13. The standard InChI is InChI=1S/C21H25N5O4S/c1-21(14-4-5-14)19(28)26(20(29)23-21)12-17(27)25-8-6-24(7-9-25)11-15-13-31-18(22-15)16-3-2-10-30-16/h2-3,10,13-14H,4-9,11-12H2,1H3,(H,23,29)/t21-/m0/s1. The largest absolute Gasteiger partial charge is 0.462 e. The Morgan fingerprint density at radius 2 is 2.06 bits per heavy atom. The minimum atomic E-state index is -0.849. The summed E-state index contributed by atoms with van der Waals surface area (Å²) in [7, 11) is 0. The first-order valence-electron chi connectivity index (χ1n) is 10.6. The van der Waals surface area contributed by atoms with Crippen molar-refractivity contribution in [3.05, 3.63) is 29.5 Å². The van der Waals surface area contributed by atoms with Gasteiger partial charge in [-0.25, -0.2) is 9.78 Å². The average molecular weight is 444 g/mol. The molecule has 1 saturated carbocycles. The van der Waals surface area contributed by atoms with Gasteiger partial charge >= 0.3 is 6.03 Å². The fourth-order valence-electron chi connectivity index (χ4n) is 4.31. The quantitative estimate of drug-likeness (QED) is 0.683. The first-order valence-corrected chi connectivity index (χ1v) is 11.4. The van der Waals surface area contributed by atoms with Gasteiger partial charge in [0.05, 0.1) is 12.0 Å². The van der Waals surface area contributed by atoms with Crippen molar-refractivity contribution < 1.29 is 18.8 Å². The van der Waals surface area contributed by atoms with Crippen molar-refractivity contribution >= 4 is 29.2 Å². The minimum Gasteiger partial charge on any atom is -0.462 e. The number of thiazole rings is 1. The van der Waals surface area contributed by atoms with Crippen LogP contribution in [0, 0.1) is 5.92 Å². The van der Waals surface area contributed by atoms with Crippen molar-refractivity contribution in [2.75, 3.05) is 32.7 Å². The van der Waals surface area contributed by atoms with Gasteiger partial charge in [-0.15, -0.1) is 11.3 Å². The molecule has 0 spiro atoms. The lowest BCUT2D eigenvalue weighted by Crippen LogP contribution is -2.52. The number of nitrogens with one attached hydrogen (secondary N) is 1. The Labute approximate surface area is 184 Å². The predicted octanol–water partition coefficient (Wildman–Crippen LogP) is 1.77. The van der Waals surface area contributed by atoms with E-state index in [0.29, 0.717) is 19.6 Å². The van der Waals surface area contributed by atoms with Crippen LogP contribution in [0.25, 0.3) is 10.8 Å². The summed E-state index contributed by atoms with van der Waals surface area (Å²) in [6.45, 7) is 4.87. The molecular weight excluding hydrogens is 418 g/mol. The second-order valence-corrected chi connectivity index (χ2v) is 9.43. The zero-order valence-corrected chi connectivity index (χ0v) is 18.2. The van der Waals surface area contributed by atoms with E-state index in [1.165, 1.54) is 0 Å². The van der Waals surface area contributed by atoms with Gasteiger partial charge in [0.2, 0.25) is 5.91 Å². The maximum absolute atomic E-state index is 12.8. The Hall–Kier alpha value is -2.72. The topological polar surface area (TPSA) is 99.0 Å². The lowest BCUT2D eigenvalue weighted by atomic mass is 9.96. The maximum Gasteiger partial charge on any atom is 0.325 e. The van der Waals surface area contributed by atoms with Crippen LogP contribution < -0.4 is 5.32 Å². The number of nitrogens with zero attached hydrogens (tertiary/aromatic N) is 4. The van der Waals surface area contributed by atoms with Gasteiger partial charge in [-0.05, 0) is 37.8 Å². The molecule has 3 fully saturated rings. The summed E-state index contributed by atoms with van der Waals surface area (Å²) < 4.78 is 5.40. The van der Waals surface area contributed by atoms with Crippen LogP contribution in [0.15, 0.2) is 28.2 Å². The molecule has 10 heteroatoms. The number of urea groups is 1. The Kier molecular flexibility index (Phi) is 5.05. The summed E-state index contributed by atoms with van der Waals surface area (Å²) in [6, 6.07) is 3.28. The fraction of sp³-hybridized carbons (Fsp3) is 0.524. The van der Waals surface area contributed by atoms with Crippen molar-refractivity contribution in [2.45, 2.75) is 31.8 Å². The number of amides is 4. The van der Waals surface area contributed by atoms with Crippen LogP contribution in [-0.2, 0) is 16.1 Å². The Morgan fingerprint density at radius 1 is 1.29 bits per heavy atom. The molecule has 1 aliphatic carbocycles. The number of aromatic nitrogens is 1. The van der Waals surface area contributed by atoms with E-state index in [0.717, 1.165) is 47.3 Å². The molecule has 31 heavy (non-hydrogen) atoms. The van der Waals surface area contributed by atoms with E-state index in [2.05, 4.69) is 15.2 Å². The highest BCUT2D eigenvalue weighted by Crippen LogP contribution is 2.42. The zero-order chi connectivity index (χ0) is 21.6. The molecule has 2 aromatic rings. The van der Waals surface area contributed by atoms with Gasteiger partial charge in [-0.2, -0.15) is 0 Å². The molecular formula is C21H25N5O4S. The molecule has 5 rings (SSSR count). The van der Waals surface area contributed by atoms with Crippen LogP contribution in [0.1, 0.15) is 25.5 Å². The molecule has 164 valence electrons. The Bertz CT molecular complexity index is 993. The van der Waals surface area contributed by atoms with Crippen LogP contribution in [0.3, 0.4) is 0 Å². The van der Waals surface area contributed by atoms with Crippen LogP contribution >= 0.6 is 11.3 Å². The van der Waals surface area contributed by atoms with Gasteiger partial charge in [-0.3, -0.25) is 19.4 Å². The van der Waals surface area contributed by atoms with Crippen LogP contribution in [-0.4, -0.2) is 75.8 Å². The molecule has 0 radical (unpaired) electrons. The monoisotopic (exact) mass is 443 g/mol. The molecule has 2 aliphatic heterocycles. The highest BCUT2D eigenvalue weighted by atomic mass is 32.1. The minimum absolute atomic E-state index is 0.183. The van der Waals surface area contributed by atoms with Crippen molar-refractivity contribution in [3.8, 4) is 10.8 Å². The summed E-state index contributed by atoms with van der Waals surface area (Å²) in [4.78, 5) is 47.5. The molecule has 2 aromatic heterocycles. The van der Waals surface area contributed by atoms with Crippen molar-refractivity contribution in [1.29, 1.82) is 0 Å². The van der Waals surface area contributed by atoms with E-state index in [9.17, 15) is 14.4 Å². The molecule has 1 atom stereocenters. The van der Waals surface area contributed by atoms with E-state index in [1.807, 2.05) is 17.5 Å². The number of rotatable bonds is 6. The van der Waals surface area contributed by atoms with Crippen molar-refractivity contribution in [1.82, 2.24) is 25.0 Å². The van der Waals surface area contributed by atoms with Crippen molar-refractivity contribution in [3.63, 3.8) is 0 Å². The molecule has 0 aromatic carbocycles. The zero-order valence-electron chi connectivity index (χ0n) is 17.4. The third-order valence-electron chi connectivity index (χ3n) is 6.38. The number of furan rings is 1. The molecule has 0 bridgehead atoms. The Balaban J connectivity index is 1.12. The van der Waals surface area contributed by atoms with E-state index in [-0.39, 0.29) is 24.3 Å². The van der Waals surface area contributed by atoms with Crippen LogP contribution in [0.5, 0.6) is 0 Å². The molecule has 4 amide bonds. The van der Waals surface area contributed by atoms with E-state index in [4.69, 9.17) is 4.42 Å². The maximum atomic E-state index is 12.8. The van der Waals surface area contributed by atoms with Gasteiger partial charge in [0.25, 0.3) is 5.91 Å². The van der Waals surface area contributed by atoms with Gasteiger partial charge in [0.1, 0.15) is 12.1 Å². The number of hydrogen-bond donors (Lipinski definition) is 1. The number of piperazine rings is 1. The predicted molar refractivity (Wildman–Crippen MR) is 113 cm³/mol. The summed E-state index contributed by atoms with van der Waals surface area (Å²) in [6.07, 6.45) is 3.51. The number of carbonyl (C=O) groups is 3. The second kappa shape index (κ2) is 7.76. The third-order valence-corrected chi connectivity index (χ3v) is 7.29. The second-order valence-electron chi connectivity index (χ2n) is 8.58. The molecule has 0 unspecified atom stereocenters. The lowest BCUT2D eigenvalue weighted by Gasteiger charge is -2.35.